The van der Waals surface area contributed by atoms with Crippen molar-refractivity contribution in [2.24, 2.45) is 0 Å². The normalized spacial score (nSPS) is 10.2. The number of hydrogen-bond acceptors (Lipinski definition) is 5. The maximum Gasteiger partial charge on any atom is 0.346 e. The Morgan fingerprint density at radius 1 is 0.962 bits per heavy atom. The van der Waals surface area contributed by atoms with E-state index in [1.54, 1.807) is 18.2 Å². The number of carbonyl (C=O) groups is 2. The number of methoxy groups -OCH3 is 2. The predicted molar refractivity (Wildman–Crippen MR) is 99.1 cm³/mol. The van der Waals surface area contributed by atoms with E-state index in [2.05, 4.69) is 5.32 Å². The van der Waals surface area contributed by atoms with E-state index in [0.717, 1.165) is 22.4 Å². The summed E-state index contributed by atoms with van der Waals surface area (Å²) in [5, 5.41) is 2.79. The first-order chi connectivity index (χ1) is 12.4. The fourth-order valence-corrected chi connectivity index (χ4v) is 2.81. The maximum atomic E-state index is 12.4. The molecule has 0 fully saturated rings. The first-order valence-corrected chi connectivity index (χ1v) is 8.13. The molecule has 138 valence electrons. The van der Waals surface area contributed by atoms with Gasteiger partial charge in [0.15, 0.2) is 6.61 Å². The van der Waals surface area contributed by atoms with Crippen molar-refractivity contribution < 1.29 is 23.8 Å². The molecule has 0 atom stereocenters. The molecule has 0 radical (unpaired) electrons. The van der Waals surface area contributed by atoms with Crippen molar-refractivity contribution in [2.75, 3.05) is 26.1 Å². The number of nitrogens with one attached hydrogen (secondary N) is 1. The van der Waals surface area contributed by atoms with E-state index in [4.69, 9.17) is 14.2 Å². The van der Waals surface area contributed by atoms with Gasteiger partial charge in [0.05, 0.1) is 14.2 Å². The van der Waals surface area contributed by atoms with Gasteiger partial charge in [0, 0.05) is 5.69 Å². The van der Waals surface area contributed by atoms with Crippen LogP contribution in [0.2, 0.25) is 0 Å². The SMILES string of the molecule is COc1cccc(OC)c1C(=O)OCC(=O)Nc1c(C)cc(C)cc1C. The van der Waals surface area contributed by atoms with Crippen LogP contribution in [0.25, 0.3) is 0 Å². The second-order valence-corrected chi connectivity index (χ2v) is 5.94. The van der Waals surface area contributed by atoms with E-state index in [1.807, 2.05) is 32.9 Å². The lowest BCUT2D eigenvalue weighted by atomic mass is 10.1. The van der Waals surface area contributed by atoms with Crippen LogP contribution in [0, 0.1) is 20.8 Å². The van der Waals surface area contributed by atoms with E-state index in [0.29, 0.717) is 11.5 Å². The number of aryl methyl sites for hydroxylation is 3. The van der Waals surface area contributed by atoms with Crippen LogP contribution in [0.15, 0.2) is 30.3 Å². The van der Waals surface area contributed by atoms with Gasteiger partial charge in [-0.05, 0) is 44.0 Å². The van der Waals surface area contributed by atoms with Gasteiger partial charge in [-0.1, -0.05) is 23.8 Å². The van der Waals surface area contributed by atoms with Crippen molar-refractivity contribution >= 4 is 17.6 Å². The van der Waals surface area contributed by atoms with Crippen LogP contribution in [0.1, 0.15) is 27.0 Å². The first-order valence-electron chi connectivity index (χ1n) is 8.13. The lowest BCUT2D eigenvalue weighted by Gasteiger charge is -2.14. The number of carbonyl (C=O) groups excluding carboxylic acids is 2. The monoisotopic (exact) mass is 357 g/mol. The van der Waals surface area contributed by atoms with Crippen LogP contribution in [0.4, 0.5) is 5.69 Å². The minimum atomic E-state index is -0.688. The molecule has 0 heterocycles. The van der Waals surface area contributed by atoms with Gasteiger partial charge in [0.1, 0.15) is 17.1 Å². The Morgan fingerprint density at radius 2 is 1.50 bits per heavy atom. The van der Waals surface area contributed by atoms with Crippen LogP contribution in [-0.4, -0.2) is 32.7 Å². The predicted octanol–water partition coefficient (Wildman–Crippen LogP) is 3.42. The molecule has 0 spiro atoms. The summed E-state index contributed by atoms with van der Waals surface area (Å²) in [5.41, 5.74) is 3.90. The number of ether oxygens (including phenoxy) is 3. The van der Waals surface area contributed by atoms with Gasteiger partial charge < -0.3 is 19.5 Å². The first kappa shape index (κ1) is 19.3. The molecule has 26 heavy (non-hydrogen) atoms. The fourth-order valence-electron chi connectivity index (χ4n) is 2.81. The number of amides is 1. The Hall–Kier alpha value is -3.02. The van der Waals surface area contributed by atoms with Crippen LogP contribution in [-0.2, 0) is 9.53 Å². The smallest absolute Gasteiger partial charge is 0.346 e. The average molecular weight is 357 g/mol. The van der Waals surface area contributed by atoms with Crippen molar-refractivity contribution in [1.29, 1.82) is 0 Å². The minimum Gasteiger partial charge on any atom is -0.496 e. The molecule has 0 saturated heterocycles. The highest BCUT2D eigenvalue weighted by molar-refractivity contribution is 5.99. The summed E-state index contributed by atoms with van der Waals surface area (Å²) in [5.74, 6) is -0.464. The molecule has 0 aliphatic rings. The number of rotatable bonds is 6. The highest BCUT2D eigenvalue weighted by Crippen LogP contribution is 2.29. The summed E-state index contributed by atoms with van der Waals surface area (Å²) in [6, 6.07) is 8.91. The van der Waals surface area contributed by atoms with Crippen LogP contribution < -0.4 is 14.8 Å². The fraction of sp³-hybridized carbons (Fsp3) is 0.300. The van der Waals surface area contributed by atoms with Crippen LogP contribution in [0.3, 0.4) is 0 Å². The van der Waals surface area contributed by atoms with Gasteiger partial charge in [-0.25, -0.2) is 4.79 Å². The molecule has 0 aromatic heterocycles. The Balaban J connectivity index is 2.08. The van der Waals surface area contributed by atoms with Crippen LogP contribution in [0.5, 0.6) is 11.5 Å². The number of anilines is 1. The summed E-state index contributed by atoms with van der Waals surface area (Å²) in [4.78, 5) is 24.6. The zero-order chi connectivity index (χ0) is 19.3. The molecule has 1 amide bonds. The van der Waals surface area contributed by atoms with Gasteiger partial charge in [0.25, 0.3) is 5.91 Å². The summed E-state index contributed by atoms with van der Waals surface area (Å²) in [6.07, 6.45) is 0. The number of hydrogen-bond donors (Lipinski definition) is 1. The van der Waals surface area contributed by atoms with E-state index >= 15 is 0 Å². The standard InChI is InChI=1S/C20H23NO5/c1-12-9-13(2)19(14(3)10-12)21-17(22)11-26-20(23)18-15(24-4)7-6-8-16(18)25-5/h6-10H,11H2,1-5H3,(H,21,22). The molecule has 2 aromatic carbocycles. The molecule has 0 aliphatic heterocycles. The van der Waals surface area contributed by atoms with Crippen molar-refractivity contribution in [3.63, 3.8) is 0 Å². The van der Waals surface area contributed by atoms with E-state index < -0.39 is 18.5 Å². The molecule has 0 aliphatic carbocycles. The van der Waals surface area contributed by atoms with Gasteiger partial charge in [-0.15, -0.1) is 0 Å². The quantitative estimate of drug-likeness (QED) is 0.802. The molecule has 6 heteroatoms. The Labute approximate surface area is 153 Å². The zero-order valence-corrected chi connectivity index (χ0v) is 15.6. The van der Waals surface area contributed by atoms with Crippen molar-refractivity contribution in [3.05, 3.63) is 52.6 Å². The van der Waals surface area contributed by atoms with Gasteiger partial charge in [0.2, 0.25) is 0 Å². The zero-order valence-electron chi connectivity index (χ0n) is 15.6. The molecule has 0 bridgehead atoms. The molecule has 2 rings (SSSR count). The van der Waals surface area contributed by atoms with Crippen molar-refractivity contribution in [3.8, 4) is 11.5 Å². The lowest BCUT2D eigenvalue weighted by molar-refractivity contribution is -0.119. The molecule has 6 nitrogen and oxygen atoms in total. The summed E-state index contributed by atoms with van der Waals surface area (Å²) in [7, 11) is 2.89. The molecular weight excluding hydrogens is 334 g/mol. The molecule has 1 N–H and O–H groups in total. The molecular formula is C20H23NO5. The second-order valence-electron chi connectivity index (χ2n) is 5.94. The summed E-state index contributed by atoms with van der Waals surface area (Å²) >= 11 is 0. The third-order valence-corrected chi connectivity index (χ3v) is 3.91. The van der Waals surface area contributed by atoms with Gasteiger partial charge in [-0.2, -0.15) is 0 Å². The van der Waals surface area contributed by atoms with E-state index in [-0.39, 0.29) is 5.56 Å². The Morgan fingerprint density at radius 3 is 2.00 bits per heavy atom. The van der Waals surface area contributed by atoms with E-state index in [1.165, 1.54) is 14.2 Å². The average Bonchev–Trinajstić information content (AvgIpc) is 2.61. The molecule has 2 aromatic rings. The summed E-state index contributed by atoms with van der Waals surface area (Å²) in [6.45, 7) is 5.42. The highest BCUT2D eigenvalue weighted by atomic mass is 16.5. The maximum absolute atomic E-state index is 12.4. The number of esters is 1. The van der Waals surface area contributed by atoms with Gasteiger partial charge in [-0.3, -0.25) is 4.79 Å². The van der Waals surface area contributed by atoms with E-state index in [9.17, 15) is 9.59 Å². The largest absolute Gasteiger partial charge is 0.496 e. The second kappa shape index (κ2) is 8.38. The lowest BCUT2D eigenvalue weighted by Crippen LogP contribution is -2.22. The Kier molecular flexibility index (Phi) is 6.22. The van der Waals surface area contributed by atoms with Crippen molar-refractivity contribution in [1.82, 2.24) is 0 Å². The summed E-state index contributed by atoms with van der Waals surface area (Å²) < 4.78 is 15.5. The minimum absolute atomic E-state index is 0.146. The van der Waals surface area contributed by atoms with Crippen LogP contribution >= 0.6 is 0 Å². The highest BCUT2D eigenvalue weighted by Gasteiger charge is 2.21. The topological polar surface area (TPSA) is 73.9 Å². The molecule has 0 unspecified atom stereocenters. The number of benzene rings is 2. The third-order valence-electron chi connectivity index (χ3n) is 3.91. The third kappa shape index (κ3) is 4.33. The van der Waals surface area contributed by atoms with Crippen molar-refractivity contribution in [2.45, 2.75) is 20.8 Å². The van der Waals surface area contributed by atoms with Gasteiger partial charge >= 0.3 is 5.97 Å². The molecule has 0 saturated carbocycles. The Bertz CT molecular complexity index is 784.